The van der Waals surface area contributed by atoms with Crippen molar-refractivity contribution in [2.24, 2.45) is 5.92 Å². The Hall–Kier alpha value is -3.23. The van der Waals surface area contributed by atoms with E-state index in [0.29, 0.717) is 55.8 Å². The van der Waals surface area contributed by atoms with Gasteiger partial charge in [0.15, 0.2) is 11.5 Å². The first-order valence-electron chi connectivity index (χ1n) is 11.2. The number of piperazine rings is 1. The van der Waals surface area contributed by atoms with Crippen molar-refractivity contribution in [2.45, 2.75) is 26.4 Å². The molecule has 2 aromatic rings. The maximum absolute atomic E-state index is 13.0. The summed E-state index contributed by atoms with van der Waals surface area (Å²) in [5, 5.41) is 0. The highest BCUT2D eigenvalue weighted by Gasteiger charge is 2.31. The highest BCUT2D eigenvalue weighted by molar-refractivity contribution is 5.96. The molecule has 0 bridgehead atoms. The van der Waals surface area contributed by atoms with Crippen LogP contribution in [-0.4, -0.2) is 61.5 Å². The van der Waals surface area contributed by atoms with Gasteiger partial charge in [0.25, 0.3) is 11.8 Å². The second-order valence-corrected chi connectivity index (χ2v) is 8.56. The minimum absolute atomic E-state index is 0.186. The zero-order valence-electron chi connectivity index (χ0n) is 19.5. The molecular formula is C25H29F3N2O4. The number of carbonyl (C=O) groups is 2. The lowest BCUT2D eigenvalue weighted by molar-refractivity contribution is -0.137. The smallest absolute Gasteiger partial charge is 0.416 e. The van der Waals surface area contributed by atoms with Crippen molar-refractivity contribution in [3.05, 3.63) is 59.2 Å². The number of nitrogens with zero attached hydrogens (tertiary/aromatic N) is 2. The van der Waals surface area contributed by atoms with Crippen LogP contribution in [-0.2, 0) is 6.18 Å². The van der Waals surface area contributed by atoms with Gasteiger partial charge in [0.05, 0.1) is 19.3 Å². The van der Waals surface area contributed by atoms with Crippen LogP contribution in [0.1, 0.15) is 46.5 Å². The van der Waals surface area contributed by atoms with Gasteiger partial charge in [-0.05, 0) is 54.8 Å². The lowest BCUT2D eigenvalue weighted by Crippen LogP contribution is -2.50. The van der Waals surface area contributed by atoms with Gasteiger partial charge in [0.2, 0.25) is 0 Å². The molecule has 0 atom stereocenters. The van der Waals surface area contributed by atoms with Crippen LogP contribution in [0.2, 0.25) is 0 Å². The van der Waals surface area contributed by atoms with Crippen molar-refractivity contribution in [1.82, 2.24) is 9.80 Å². The zero-order chi connectivity index (χ0) is 24.9. The van der Waals surface area contributed by atoms with E-state index in [1.807, 2.05) is 0 Å². The molecule has 6 nitrogen and oxygen atoms in total. The van der Waals surface area contributed by atoms with E-state index in [1.165, 1.54) is 19.2 Å². The molecule has 0 N–H and O–H groups in total. The number of amides is 2. The molecule has 9 heteroatoms. The minimum Gasteiger partial charge on any atom is -0.493 e. The molecule has 1 fully saturated rings. The van der Waals surface area contributed by atoms with Crippen LogP contribution >= 0.6 is 0 Å². The summed E-state index contributed by atoms with van der Waals surface area (Å²) in [5.41, 5.74) is -0.160. The van der Waals surface area contributed by atoms with Gasteiger partial charge in [-0.15, -0.1) is 0 Å². The first-order valence-corrected chi connectivity index (χ1v) is 11.2. The maximum atomic E-state index is 13.0. The fourth-order valence-electron chi connectivity index (χ4n) is 3.60. The lowest BCUT2D eigenvalue weighted by atomic mass is 10.1. The summed E-state index contributed by atoms with van der Waals surface area (Å²) in [6.45, 7) is 5.99. The van der Waals surface area contributed by atoms with Crippen molar-refractivity contribution in [1.29, 1.82) is 0 Å². The molecule has 0 aromatic heterocycles. The SMILES string of the molecule is COc1cc(C(=O)N2CCN(C(=O)c3ccc(C(F)(F)F)cc3)CC2)ccc1OCCC(C)C. The summed E-state index contributed by atoms with van der Waals surface area (Å²) in [7, 11) is 1.52. The second kappa shape index (κ2) is 10.8. The van der Waals surface area contributed by atoms with Gasteiger partial charge >= 0.3 is 6.18 Å². The predicted molar refractivity (Wildman–Crippen MR) is 121 cm³/mol. The first kappa shape index (κ1) is 25.4. The fourth-order valence-corrected chi connectivity index (χ4v) is 3.60. The Morgan fingerprint density at radius 1 is 0.882 bits per heavy atom. The Labute approximate surface area is 197 Å². The minimum atomic E-state index is -4.45. The van der Waals surface area contributed by atoms with Crippen LogP contribution in [0, 0.1) is 5.92 Å². The molecular weight excluding hydrogens is 449 g/mol. The molecule has 1 saturated heterocycles. The lowest BCUT2D eigenvalue weighted by Gasteiger charge is -2.35. The van der Waals surface area contributed by atoms with Crippen molar-refractivity contribution >= 4 is 11.8 Å². The molecule has 0 spiro atoms. The molecule has 2 amide bonds. The number of ether oxygens (including phenoxy) is 2. The number of hydrogen-bond donors (Lipinski definition) is 0. The zero-order valence-corrected chi connectivity index (χ0v) is 19.5. The quantitative estimate of drug-likeness (QED) is 0.577. The van der Waals surface area contributed by atoms with Crippen LogP contribution in [0.25, 0.3) is 0 Å². The molecule has 0 unspecified atom stereocenters. The standard InChI is InChI=1S/C25H29F3N2O4/c1-17(2)10-15-34-21-9-6-19(16-22(21)33-3)24(32)30-13-11-29(12-14-30)23(31)18-4-7-20(8-5-18)25(26,27)28/h4-9,16-17H,10-15H2,1-3H3. The van der Waals surface area contributed by atoms with Gasteiger partial charge < -0.3 is 19.3 Å². The van der Waals surface area contributed by atoms with Crippen LogP contribution in [0.15, 0.2) is 42.5 Å². The van der Waals surface area contributed by atoms with Gasteiger partial charge in [-0.1, -0.05) is 13.8 Å². The summed E-state index contributed by atoms with van der Waals surface area (Å²) in [6.07, 6.45) is -3.55. The monoisotopic (exact) mass is 478 g/mol. The van der Waals surface area contributed by atoms with Gasteiger partial charge in [-0.3, -0.25) is 9.59 Å². The molecule has 2 aromatic carbocycles. The van der Waals surface area contributed by atoms with Crippen molar-refractivity contribution in [2.75, 3.05) is 39.9 Å². The molecule has 0 saturated carbocycles. The average molecular weight is 479 g/mol. The number of benzene rings is 2. The highest BCUT2D eigenvalue weighted by Crippen LogP contribution is 2.30. The van der Waals surface area contributed by atoms with E-state index in [2.05, 4.69) is 13.8 Å². The number of hydrogen-bond acceptors (Lipinski definition) is 4. The number of halogens is 3. The molecule has 184 valence electrons. The summed E-state index contributed by atoms with van der Waals surface area (Å²) in [5.74, 6) is 1.02. The van der Waals surface area contributed by atoms with Crippen molar-refractivity contribution in [3.63, 3.8) is 0 Å². The van der Waals surface area contributed by atoms with Gasteiger partial charge in [0.1, 0.15) is 0 Å². The van der Waals surface area contributed by atoms with E-state index in [-0.39, 0.29) is 17.4 Å². The Balaban J connectivity index is 1.59. The van der Waals surface area contributed by atoms with E-state index in [4.69, 9.17) is 9.47 Å². The summed E-state index contributed by atoms with van der Waals surface area (Å²) in [4.78, 5) is 28.8. The molecule has 1 aliphatic rings. The number of alkyl halides is 3. The first-order chi connectivity index (χ1) is 16.1. The maximum Gasteiger partial charge on any atom is 0.416 e. The summed E-state index contributed by atoms with van der Waals surface area (Å²) in [6, 6.07) is 9.21. The molecule has 0 aliphatic carbocycles. The molecule has 1 aliphatic heterocycles. The Bertz CT molecular complexity index is 998. The van der Waals surface area contributed by atoms with Crippen molar-refractivity contribution < 1.29 is 32.2 Å². The second-order valence-electron chi connectivity index (χ2n) is 8.56. The predicted octanol–water partition coefficient (Wildman–Crippen LogP) is 4.74. The third kappa shape index (κ3) is 6.21. The van der Waals surface area contributed by atoms with E-state index >= 15 is 0 Å². The average Bonchev–Trinajstić information content (AvgIpc) is 2.82. The van der Waals surface area contributed by atoms with Gasteiger partial charge in [0, 0.05) is 37.3 Å². The fraction of sp³-hybridized carbons (Fsp3) is 0.440. The highest BCUT2D eigenvalue weighted by atomic mass is 19.4. The van der Waals surface area contributed by atoms with Gasteiger partial charge in [-0.2, -0.15) is 13.2 Å². The van der Waals surface area contributed by atoms with E-state index in [1.54, 1.807) is 28.0 Å². The topological polar surface area (TPSA) is 59.1 Å². The molecule has 0 radical (unpaired) electrons. The van der Waals surface area contributed by atoms with Crippen molar-refractivity contribution in [3.8, 4) is 11.5 Å². The van der Waals surface area contributed by atoms with Crippen LogP contribution in [0.3, 0.4) is 0 Å². The van der Waals surface area contributed by atoms with Crippen LogP contribution in [0.5, 0.6) is 11.5 Å². The van der Waals surface area contributed by atoms with E-state index in [9.17, 15) is 22.8 Å². The Kier molecular flexibility index (Phi) is 8.06. The molecule has 34 heavy (non-hydrogen) atoms. The molecule has 1 heterocycles. The third-order valence-electron chi connectivity index (χ3n) is 5.68. The number of rotatable bonds is 7. The largest absolute Gasteiger partial charge is 0.493 e. The molecule has 3 rings (SSSR count). The Morgan fingerprint density at radius 3 is 1.91 bits per heavy atom. The van der Waals surface area contributed by atoms with Gasteiger partial charge in [-0.25, -0.2) is 0 Å². The normalized spacial score (nSPS) is 14.3. The summed E-state index contributed by atoms with van der Waals surface area (Å²) < 4.78 is 49.4. The third-order valence-corrected chi connectivity index (χ3v) is 5.68. The van der Waals surface area contributed by atoms with Crippen LogP contribution < -0.4 is 9.47 Å². The summed E-state index contributed by atoms with van der Waals surface area (Å²) >= 11 is 0. The van der Waals surface area contributed by atoms with E-state index in [0.717, 1.165) is 18.6 Å². The van der Waals surface area contributed by atoms with E-state index < -0.39 is 11.7 Å². The number of methoxy groups -OCH3 is 1. The Morgan fingerprint density at radius 2 is 1.41 bits per heavy atom. The number of carbonyl (C=O) groups excluding carboxylic acids is 2. The van der Waals surface area contributed by atoms with Crippen LogP contribution in [0.4, 0.5) is 13.2 Å².